The van der Waals surface area contributed by atoms with Gasteiger partial charge in [-0.25, -0.2) is 0 Å². The molecule has 0 aromatic carbocycles. The van der Waals surface area contributed by atoms with E-state index in [2.05, 4.69) is 5.92 Å². The van der Waals surface area contributed by atoms with Crippen molar-refractivity contribution in [2.75, 3.05) is 11.5 Å². The average molecular weight is 156 g/mol. The Kier molecular flexibility index (Phi) is 2.64. The lowest BCUT2D eigenvalue weighted by atomic mass is 9.93. The Hall–Kier alpha value is -0.130. The fourth-order valence-corrected chi connectivity index (χ4v) is 2.37. The van der Waals surface area contributed by atoms with Gasteiger partial charge in [-0.2, -0.15) is 11.8 Å². The standard InChI is InChI=1S/C8H12OS/c1-2-3-8(9)4-6-10-7-5-8/h1,9H,3-7H2. The summed E-state index contributed by atoms with van der Waals surface area (Å²) in [6.07, 6.45) is 7.38. The largest absolute Gasteiger partial charge is 0.389 e. The SMILES string of the molecule is C#CCC1(O)CCSCC1. The van der Waals surface area contributed by atoms with Crippen LogP contribution in [0.2, 0.25) is 0 Å². The van der Waals surface area contributed by atoms with Crippen molar-refractivity contribution in [1.29, 1.82) is 0 Å². The molecule has 0 aromatic heterocycles. The smallest absolute Gasteiger partial charge is 0.0772 e. The molecule has 1 aliphatic heterocycles. The van der Waals surface area contributed by atoms with Crippen molar-refractivity contribution in [3.63, 3.8) is 0 Å². The fourth-order valence-electron chi connectivity index (χ4n) is 1.12. The third-order valence-electron chi connectivity index (χ3n) is 1.85. The van der Waals surface area contributed by atoms with Crippen LogP contribution in [0.15, 0.2) is 0 Å². The molecular weight excluding hydrogens is 144 g/mol. The zero-order valence-corrected chi connectivity index (χ0v) is 6.78. The minimum Gasteiger partial charge on any atom is -0.389 e. The van der Waals surface area contributed by atoms with Crippen molar-refractivity contribution in [3.05, 3.63) is 0 Å². The minimum absolute atomic E-state index is 0.521. The quantitative estimate of drug-likeness (QED) is 0.577. The summed E-state index contributed by atoms with van der Waals surface area (Å²) in [6.45, 7) is 0. The number of hydrogen-bond acceptors (Lipinski definition) is 2. The van der Waals surface area contributed by atoms with Crippen molar-refractivity contribution < 1.29 is 5.11 Å². The lowest BCUT2D eigenvalue weighted by Crippen LogP contribution is -2.32. The molecule has 10 heavy (non-hydrogen) atoms. The van der Waals surface area contributed by atoms with Gasteiger partial charge in [0.05, 0.1) is 5.60 Å². The van der Waals surface area contributed by atoms with Crippen LogP contribution in [0.1, 0.15) is 19.3 Å². The molecule has 1 nitrogen and oxygen atoms in total. The van der Waals surface area contributed by atoms with Crippen LogP contribution in [0.3, 0.4) is 0 Å². The Balaban J connectivity index is 2.42. The topological polar surface area (TPSA) is 20.2 Å². The molecular formula is C8H12OS. The minimum atomic E-state index is -0.528. The van der Waals surface area contributed by atoms with Gasteiger partial charge in [-0.05, 0) is 24.3 Å². The van der Waals surface area contributed by atoms with E-state index >= 15 is 0 Å². The van der Waals surface area contributed by atoms with Crippen LogP contribution in [-0.4, -0.2) is 22.2 Å². The van der Waals surface area contributed by atoms with Gasteiger partial charge in [0.15, 0.2) is 0 Å². The molecule has 1 rings (SSSR count). The molecule has 0 radical (unpaired) electrons. The van der Waals surface area contributed by atoms with Gasteiger partial charge in [0.25, 0.3) is 0 Å². The second-order valence-corrected chi connectivity index (χ2v) is 3.94. The molecule has 0 amide bonds. The van der Waals surface area contributed by atoms with Crippen molar-refractivity contribution in [3.8, 4) is 12.3 Å². The van der Waals surface area contributed by atoms with E-state index < -0.39 is 5.60 Å². The van der Waals surface area contributed by atoms with E-state index in [4.69, 9.17) is 6.42 Å². The maximum absolute atomic E-state index is 9.72. The molecule has 1 heterocycles. The predicted octanol–water partition coefficient (Wildman–Crippen LogP) is 1.27. The average Bonchev–Trinajstić information content (AvgIpc) is 1.89. The van der Waals surface area contributed by atoms with E-state index in [0.29, 0.717) is 6.42 Å². The molecule has 0 bridgehead atoms. The van der Waals surface area contributed by atoms with E-state index in [1.54, 1.807) is 0 Å². The predicted molar refractivity (Wildman–Crippen MR) is 45.0 cm³/mol. The Morgan fingerprint density at radius 2 is 2.10 bits per heavy atom. The zero-order valence-electron chi connectivity index (χ0n) is 5.97. The molecule has 0 spiro atoms. The van der Waals surface area contributed by atoms with Crippen molar-refractivity contribution in [2.45, 2.75) is 24.9 Å². The highest BCUT2D eigenvalue weighted by atomic mass is 32.2. The third kappa shape index (κ3) is 1.93. The van der Waals surface area contributed by atoms with Crippen LogP contribution >= 0.6 is 11.8 Å². The molecule has 1 aliphatic rings. The van der Waals surface area contributed by atoms with E-state index in [0.717, 1.165) is 24.3 Å². The molecule has 0 atom stereocenters. The van der Waals surface area contributed by atoms with Gasteiger partial charge in [0.1, 0.15) is 0 Å². The Bertz CT molecular complexity index is 142. The van der Waals surface area contributed by atoms with Gasteiger partial charge in [0, 0.05) is 6.42 Å². The highest BCUT2D eigenvalue weighted by Gasteiger charge is 2.27. The molecule has 1 fully saturated rings. The first kappa shape index (κ1) is 7.97. The van der Waals surface area contributed by atoms with E-state index in [9.17, 15) is 5.11 Å². The summed E-state index contributed by atoms with van der Waals surface area (Å²) in [5, 5.41) is 9.72. The Morgan fingerprint density at radius 3 is 2.60 bits per heavy atom. The van der Waals surface area contributed by atoms with E-state index in [-0.39, 0.29) is 0 Å². The van der Waals surface area contributed by atoms with Crippen LogP contribution in [0.25, 0.3) is 0 Å². The van der Waals surface area contributed by atoms with Crippen molar-refractivity contribution in [1.82, 2.24) is 0 Å². The van der Waals surface area contributed by atoms with Crippen LogP contribution in [0.5, 0.6) is 0 Å². The van der Waals surface area contributed by atoms with Gasteiger partial charge in [-0.3, -0.25) is 0 Å². The summed E-state index contributed by atoms with van der Waals surface area (Å²) in [5.41, 5.74) is -0.528. The van der Waals surface area contributed by atoms with Crippen LogP contribution < -0.4 is 0 Å². The number of hydrogen-bond donors (Lipinski definition) is 1. The van der Waals surface area contributed by atoms with E-state index in [1.807, 2.05) is 11.8 Å². The Labute approximate surface area is 66.2 Å². The molecule has 0 unspecified atom stereocenters. The lowest BCUT2D eigenvalue weighted by molar-refractivity contribution is 0.0373. The molecule has 0 aromatic rings. The molecule has 1 N–H and O–H groups in total. The number of thioether (sulfide) groups is 1. The monoisotopic (exact) mass is 156 g/mol. The summed E-state index contributed by atoms with van der Waals surface area (Å²) in [5.74, 6) is 4.63. The van der Waals surface area contributed by atoms with Gasteiger partial charge >= 0.3 is 0 Å². The van der Waals surface area contributed by atoms with Gasteiger partial charge < -0.3 is 5.11 Å². The summed E-state index contributed by atoms with van der Waals surface area (Å²) >= 11 is 1.89. The highest BCUT2D eigenvalue weighted by molar-refractivity contribution is 7.99. The van der Waals surface area contributed by atoms with Crippen LogP contribution in [0, 0.1) is 12.3 Å². The molecule has 2 heteroatoms. The maximum atomic E-state index is 9.72. The Morgan fingerprint density at radius 1 is 1.50 bits per heavy atom. The van der Waals surface area contributed by atoms with Gasteiger partial charge in [-0.15, -0.1) is 12.3 Å². The van der Waals surface area contributed by atoms with Crippen LogP contribution in [-0.2, 0) is 0 Å². The van der Waals surface area contributed by atoms with Gasteiger partial charge in [0.2, 0.25) is 0 Å². The lowest BCUT2D eigenvalue weighted by Gasteiger charge is -2.29. The molecule has 0 saturated carbocycles. The summed E-state index contributed by atoms with van der Waals surface area (Å²) in [7, 11) is 0. The third-order valence-corrected chi connectivity index (χ3v) is 2.84. The normalized spacial score (nSPS) is 23.6. The van der Waals surface area contributed by atoms with E-state index in [1.165, 1.54) is 0 Å². The van der Waals surface area contributed by atoms with Gasteiger partial charge in [-0.1, -0.05) is 0 Å². The fraction of sp³-hybridized carbons (Fsp3) is 0.750. The number of rotatable bonds is 1. The first-order chi connectivity index (χ1) is 4.77. The second-order valence-electron chi connectivity index (χ2n) is 2.72. The molecule has 56 valence electrons. The number of terminal acetylenes is 1. The summed E-state index contributed by atoms with van der Waals surface area (Å²) < 4.78 is 0. The first-order valence-electron chi connectivity index (χ1n) is 3.50. The van der Waals surface area contributed by atoms with Crippen molar-refractivity contribution >= 4 is 11.8 Å². The summed E-state index contributed by atoms with van der Waals surface area (Å²) in [6, 6.07) is 0. The maximum Gasteiger partial charge on any atom is 0.0772 e. The highest BCUT2D eigenvalue weighted by Crippen LogP contribution is 2.28. The van der Waals surface area contributed by atoms with Crippen molar-refractivity contribution in [2.24, 2.45) is 0 Å². The first-order valence-corrected chi connectivity index (χ1v) is 4.66. The zero-order chi connectivity index (χ0) is 7.45. The van der Waals surface area contributed by atoms with Crippen LogP contribution in [0.4, 0.5) is 0 Å². The number of aliphatic hydroxyl groups is 1. The summed E-state index contributed by atoms with van der Waals surface area (Å²) in [4.78, 5) is 0. The molecule has 0 aliphatic carbocycles. The second kappa shape index (κ2) is 3.32. The molecule has 1 saturated heterocycles.